The summed E-state index contributed by atoms with van der Waals surface area (Å²) in [7, 11) is 1.57. The average molecular weight is 460 g/mol. The van der Waals surface area contributed by atoms with Gasteiger partial charge in [-0.2, -0.15) is 0 Å². The Morgan fingerprint density at radius 1 is 1.09 bits per heavy atom. The number of carbonyl (C=O) groups excluding carboxylic acids is 1. The van der Waals surface area contributed by atoms with Crippen molar-refractivity contribution in [2.45, 2.75) is 62.9 Å². The molecule has 3 N–H and O–H groups in total. The van der Waals surface area contributed by atoms with Crippen LogP contribution < -0.4 is 10.1 Å². The third-order valence-corrected chi connectivity index (χ3v) is 7.80. The van der Waals surface area contributed by atoms with Crippen molar-refractivity contribution in [2.24, 2.45) is 5.92 Å². The van der Waals surface area contributed by atoms with Crippen LogP contribution in [0.4, 0.5) is 0 Å². The van der Waals surface area contributed by atoms with Gasteiger partial charge in [0.2, 0.25) is 0 Å². The van der Waals surface area contributed by atoms with E-state index in [9.17, 15) is 15.0 Å². The minimum atomic E-state index is -0.201. The lowest BCUT2D eigenvalue weighted by Crippen LogP contribution is -2.52. The van der Waals surface area contributed by atoms with Crippen LogP contribution in [0.15, 0.2) is 18.2 Å². The lowest BCUT2D eigenvalue weighted by atomic mass is 9.89. The molecule has 0 aromatic heterocycles. The molecule has 1 aliphatic heterocycles. The Bertz CT molecular complexity index is 769. The Morgan fingerprint density at radius 2 is 1.82 bits per heavy atom. The Balaban J connectivity index is 1.25. The number of hydrogen-bond donors (Lipinski definition) is 3. The molecule has 3 fully saturated rings. The molecule has 1 saturated heterocycles. The van der Waals surface area contributed by atoms with E-state index in [2.05, 4.69) is 15.1 Å². The van der Waals surface area contributed by atoms with Crippen molar-refractivity contribution in [3.8, 4) is 5.75 Å². The molecular formula is C26H41N3O4. The molecule has 33 heavy (non-hydrogen) atoms. The SMILES string of the molecule is COc1cc(C(=O)NC2CCC(N3CCN(CC4CC4)CC3)CC2)ccc1C(CO)CCO. The molecule has 0 spiro atoms. The molecule has 1 unspecified atom stereocenters. The van der Waals surface area contributed by atoms with Gasteiger partial charge in [0.25, 0.3) is 5.91 Å². The highest BCUT2D eigenvalue weighted by Crippen LogP contribution is 2.31. The second-order valence-electron chi connectivity index (χ2n) is 10.1. The fourth-order valence-electron chi connectivity index (χ4n) is 5.52. The number of hydrogen-bond acceptors (Lipinski definition) is 6. The van der Waals surface area contributed by atoms with Crippen molar-refractivity contribution in [1.29, 1.82) is 0 Å². The summed E-state index contributed by atoms with van der Waals surface area (Å²) >= 11 is 0. The second-order valence-corrected chi connectivity index (χ2v) is 10.1. The molecule has 1 atom stereocenters. The highest BCUT2D eigenvalue weighted by atomic mass is 16.5. The van der Waals surface area contributed by atoms with E-state index in [1.807, 2.05) is 6.07 Å². The first-order valence-electron chi connectivity index (χ1n) is 12.8. The molecule has 3 aliphatic rings. The first kappa shape index (κ1) is 24.5. The summed E-state index contributed by atoms with van der Waals surface area (Å²) in [5.41, 5.74) is 1.40. The highest BCUT2D eigenvalue weighted by Gasteiger charge is 2.31. The van der Waals surface area contributed by atoms with Crippen LogP contribution in [0.2, 0.25) is 0 Å². The lowest BCUT2D eigenvalue weighted by molar-refractivity contribution is 0.0694. The quantitative estimate of drug-likeness (QED) is 0.498. The Hall–Kier alpha value is -1.67. The van der Waals surface area contributed by atoms with Crippen LogP contribution in [-0.2, 0) is 0 Å². The summed E-state index contributed by atoms with van der Waals surface area (Å²) in [5.74, 6) is 1.29. The Labute approximate surface area is 198 Å². The maximum absolute atomic E-state index is 12.9. The monoisotopic (exact) mass is 459 g/mol. The van der Waals surface area contributed by atoms with E-state index in [1.54, 1.807) is 19.2 Å². The van der Waals surface area contributed by atoms with E-state index in [0.717, 1.165) is 37.2 Å². The molecule has 184 valence electrons. The summed E-state index contributed by atoms with van der Waals surface area (Å²) in [5, 5.41) is 22.1. The van der Waals surface area contributed by atoms with Crippen molar-refractivity contribution < 1.29 is 19.7 Å². The number of piperazine rings is 1. The van der Waals surface area contributed by atoms with Gasteiger partial charge < -0.3 is 25.2 Å². The van der Waals surface area contributed by atoms with Gasteiger partial charge in [0.15, 0.2) is 0 Å². The molecule has 1 aromatic rings. The number of carbonyl (C=O) groups is 1. The van der Waals surface area contributed by atoms with Crippen LogP contribution in [0.25, 0.3) is 0 Å². The number of aliphatic hydroxyl groups is 2. The van der Waals surface area contributed by atoms with E-state index >= 15 is 0 Å². The molecule has 0 bridgehead atoms. The van der Waals surface area contributed by atoms with Gasteiger partial charge in [-0.1, -0.05) is 6.07 Å². The number of methoxy groups -OCH3 is 1. The molecule has 1 aromatic carbocycles. The maximum Gasteiger partial charge on any atom is 0.251 e. The van der Waals surface area contributed by atoms with Crippen molar-refractivity contribution >= 4 is 5.91 Å². The number of ether oxygens (including phenoxy) is 1. The Kier molecular flexibility index (Phi) is 8.63. The molecule has 2 saturated carbocycles. The predicted octanol–water partition coefficient (Wildman–Crippen LogP) is 2.22. The number of aliphatic hydroxyl groups excluding tert-OH is 2. The lowest BCUT2D eigenvalue weighted by Gasteiger charge is -2.42. The van der Waals surface area contributed by atoms with Crippen LogP contribution in [0, 0.1) is 5.92 Å². The van der Waals surface area contributed by atoms with Crippen LogP contribution >= 0.6 is 0 Å². The van der Waals surface area contributed by atoms with Gasteiger partial charge in [0.1, 0.15) is 5.75 Å². The zero-order valence-corrected chi connectivity index (χ0v) is 20.0. The smallest absolute Gasteiger partial charge is 0.251 e. The van der Waals surface area contributed by atoms with Gasteiger partial charge >= 0.3 is 0 Å². The molecule has 4 rings (SSSR count). The molecule has 7 heteroatoms. The minimum Gasteiger partial charge on any atom is -0.496 e. The molecule has 1 heterocycles. The van der Waals surface area contributed by atoms with E-state index in [-0.39, 0.29) is 31.1 Å². The first-order valence-corrected chi connectivity index (χ1v) is 12.8. The van der Waals surface area contributed by atoms with E-state index in [4.69, 9.17) is 4.74 Å². The number of nitrogens with one attached hydrogen (secondary N) is 1. The first-order chi connectivity index (χ1) is 16.1. The molecule has 1 amide bonds. The van der Waals surface area contributed by atoms with E-state index in [1.165, 1.54) is 45.6 Å². The summed E-state index contributed by atoms with van der Waals surface area (Å²) in [6.45, 7) is 6.02. The third kappa shape index (κ3) is 6.47. The Morgan fingerprint density at radius 3 is 2.42 bits per heavy atom. The standard InChI is InChI=1S/C26H41N3O4/c1-33-25-16-20(4-9-24(25)21(18-31)10-15-30)26(32)27-22-5-7-23(8-6-22)29-13-11-28(12-14-29)17-19-2-3-19/h4,9,16,19,21-23,30-31H,2-3,5-8,10-15,17-18H2,1H3,(H,27,32). The zero-order valence-electron chi connectivity index (χ0n) is 20.0. The minimum absolute atomic E-state index is 0.00452. The van der Waals surface area contributed by atoms with Gasteiger partial charge in [-0.3, -0.25) is 9.69 Å². The van der Waals surface area contributed by atoms with Crippen molar-refractivity contribution in [1.82, 2.24) is 15.1 Å². The summed E-state index contributed by atoms with van der Waals surface area (Å²) in [6.07, 6.45) is 7.66. The zero-order chi connectivity index (χ0) is 23.2. The summed E-state index contributed by atoms with van der Waals surface area (Å²) < 4.78 is 5.49. The summed E-state index contributed by atoms with van der Waals surface area (Å²) in [6, 6.07) is 6.25. The number of nitrogens with zero attached hydrogens (tertiary/aromatic N) is 2. The maximum atomic E-state index is 12.9. The van der Waals surface area contributed by atoms with E-state index < -0.39 is 0 Å². The second kappa shape index (κ2) is 11.6. The van der Waals surface area contributed by atoms with Crippen LogP contribution in [-0.4, -0.2) is 91.1 Å². The van der Waals surface area contributed by atoms with Crippen LogP contribution in [0.5, 0.6) is 5.75 Å². The van der Waals surface area contributed by atoms with Gasteiger partial charge in [-0.05, 0) is 68.6 Å². The molecule has 7 nitrogen and oxygen atoms in total. The normalized spacial score (nSPS) is 25.5. The molecular weight excluding hydrogens is 418 g/mol. The van der Waals surface area contributed by atoms with Gasteiger partial charge in [-0.15, -0.1) is 0 Å². The number of amides is 1. The molecule has 2 aliphatic carbocycles. The fraction of sp³-hybridized carbons (Fsp3) is 0.731. The van der Waals surface area contributed by atoms with Gasteiger partial charge in [0.05, 0.1) is 13.7 Å². The van der Waals surface area contributed by atoms with Gasteiger partial charge in [-0.25, -0.2) is 0 Å². The predicted molar refractivity (Wildman–Crippen MR) is 129 cm³/mol. The average Bonchev–Trinajstić information content (AvgIpc) is 3.67. The number of rotatable bonds is 10. The van der Waals surface area contributed by atoms with Crippen molar-refractivity contribution in [3.63, 3.8) is 0 Å². The van der Waals surface area contributed by atoms with E-state index in [0.29, 0.717) is 23.8 Å². The largest absolute Gasteiger partial charge is 0.496 e. The topological polar surface area (TPSA) is 85.3 Å². The van der Waals surface area contributed by atoms with Crippen molar-refractivity contribution in [2.75, 3.05) is 53.0 Å². The van der Waals surface area contributed by atoms with Gasteiger partial charge in [0, 0.05) is 62.9 Å². The number of benzene rings is 1. The fourth-order valence-corrected chi connectivity index (χ4v) is 5.52. The third-order valence-electron chi connectivity index (χ3n) is 7.80. The van der Waals surface area contributed by atoms with Crippen molar-refractivity contribution in [3.05, 3.63) is 29.3 Å². The molecule has 0 radical (unpaired) electrons. The summed E-state index contributed by atoms with van der Waals surface area (Å²) in [4.78, 5) is 18.2. The van der Waals surface area contributed by atoms with Crippen LogP contribution in [0.3, 0.4) is 0 Å². The van der Waals surface area contributed by atoms with Crippen LogP contribution in [0.1, 0.15) is 66.8 Å². The highest BCUT2D eigenvalue weighted by molar-refractivity contribution is 5.95.